The van der Waals surface area contributed by atoms with Gasteiger partial charge < -0.3 is 10.2 Å². The van der Waals surface area contributed by atoms with E-state index in [0.29, 0.717) is 13.2 Å². The maximum Gasteiger partial charge on any atom is 0.262 e. The normalized spacial score (nSPS) is 11.5. The molecule has 0 spiro atoms. The summed E-state index contributed by atoms with van der Waals surface area (Å²) in [6.07, 6.45) is 5.37. The fraction of sp³-hybridized carbons (Fsp3) is 0.615. The molecule has 0 radical (unpaired) electrons. The van der Waals surface area contributed by atoms with Crippen molar-refractivity contribution in [1.29, 1.82) is 0 Å². The van der Waals surface area contributed by atoms with Crippen LogP contribution in [-0.4, -0.2) is 63.3 Å². The minimum atomic E-state index is -0.193. The molecule has 0 aliphatic carbocycles. The molecule has 0 bridgehead atoms. The minimum Gasteiger partial charge on any atom is -0.351 e. The zero-order valence-corrected chi connectivity index (χ0v) is 11.9. The Bertz CT molecular complexity index is 301. The number of likely N-dealkylation sites (N-methyl/N-ethyl adjacent to an activating group) is 1. The number of amides is 1. The molecule has 108 valence electrons. The Labute approximate surface area is 115 Å². The highest BCUT2D eigenvalue weighted by Crippen LogP contribution is 1.85. The molecule has 0 fully saturated rings. The average molecular weight is 267 g/mol. The Kier molecular flexibility index (Phi) is 11.9. The van der Waals surface area contributed by atoms with Crippen LogP contribution in [0.1, 0.15) is 13.3 Å². The molecule has 0 atom stereocenters. The SMILES string of the molecule is C=CCN(C)CCCNC(=O)C=NC=NCNCC. The molecule has 0 saturated carbocycles. The van der Waals surface area contributed by atoms with E-state index in [0.717, 1.165) is 26.1 Å². The van der Waals surface area contributed by atoms with E-state index in [-0.39, 0.29) is 5.91 Å². The fourth-order valence-electron chi connectivity index (χ4n) is 1.28. The summed E-state index contributed by atoms with van der Waals surface area (Å²) in [7, 11) is 2.02. The Morgan fingerprint density at radius 2 is 2.26 bits per heavy atom. The highest BCUT2D eigenvalue weighted by Gasteiger charge is 1.97. The van der Waals surface area contributed by atoms with Gasteiger partial charge in [-0.1, -0.05) is 13.0 Å². The molecule has 0 unspecified atom stereocenters. The van der Waals surface area contributed by atoms with Gasteiger partial charge in [-0.25, -0.2) is 4.99 Å². The first kappa shape index (κ1) is 17.5. The zero-order valence-electron chi connectivity index (χ0n) is 11.9. The molecule has 6 heteroatoms. The molecule has 6 nitrogen and oxygen atoms in total. The number of aliphatic imine (C=N–C) groups is 2. The molecule has 0 aromatic carbocycles. The third-order valence-electron chi connectivity index (χ3n) is 2.25. The Hall–Kier alpha value is -1.53. The van der Waals surface area contributed by atoms with Gasteiger partial charge in [0.05, 0.1) is 12.9 Å². The van der Waals surface area contributed by atoms with Crippen molar-refractivity contribution in [2.75, 3.05) is 39.9 Å². The highest BCUT2D eigenvalue weighted by atomic mass is 16.1. The molecule has 0 rings (SSSR count). The lowest BCUT2D eigenvalue weighted by atomic mass is 10.4. The average Bonchev–Trinajstić information content (AvgIpc) is 2.39. The molecule has 0 aliphatic rings. The van der Waals surface area contributed by atoms with Crippen LogP contribution in [0.25, 0.3) is 0 Å². The maximum absolute atomic E-state index is 11.3. The number of rotatable bonds is 11. The predicted octanol–water partition coefficient (Wildman–Crippen LogP) is 0.277. The van der Waals surface area contributed by atoms with Gasteiger partial charge in [0, 0.05) is 13.1 Å². The fourth-order valence-corrected chi connectivity index (χ4v) is 1.28. The van der Waals surface area contributed by atoms with Crippen LogP contribution in [0.4, 0.5) is 0 Å². The van der Waals surface area contributed by atoms with Gasteiger partial charge in [-0.05, 0) is 26.6 Å². The molecule has 19 heavy (non-hydrogen) atoms. The van der Waals surface area contributed by atoms with Crippen molar-refractivity contribution in [2.45, 2.75) is 13.3 Å². The summed E-state index contributed by atoms with van der Waals surface area (Å²) in [6.45, 7) is 9.48. The lowest BCUT2D eigenvalue weighted by Gasteiger charge is -2.13. The van der Waals surface area contributed by atoms with Crippen LogP contribution in [0.3, 0.4) is 0 Å². The van der Waals surface area contributed by atoms with Crippen molar-refractivity contribution in [3.05, 3.63) is 12.7 Å². The van der Waals surface area contributed by atoms with Crippen LogP contribution in [0.2, 0.25) is 0 Å². The summed E-state index contributed by atoms with van der Waals surface area (Å²) in [5, 5.41) is 5.78. The van der Waals surface area contributed by atoms with E-state index in [1.54, 1.807) is 0 Å². The topological polar surface area (TPSA) is 69.1 Å². The highest BCUT2D eigenvalue weighted by molar-refractivity contribution is 6.27. The molecule has 1 amide bonds. The van der Waals surface area contributed by atoms with Crippen molar-refractivity contribution >= 4 is 18.5 Å². The van der Waals surface area contributed by atoms with E-state index < -0.39 is 0 Å². The largest absolute Gasteiger partial charge is 0.351 e. The summed E-state index contributed by atoms with van der Waals surface area (Å²) < 4.78 is 0. The van der Waals surface area contributed by atoms with E-state index >= 15 is 0 Å². The maximum atomic E-state index is 11.3. The Morgan fingerprint density at radius 3 is 2.95 bits per heavy atom. The van der Waals surface area contributed by atoms with Gasteiger partial charge >= 0.3 is 0 Å². The molecule has 0 aromatic heterocycles. The molecule has 0 aliphatic heterocycles. The zero-order chi connectivity index (χ0) is 14.3. The third kappa shape index (κ3) is 12.7. The first-order chi connectivity index (χ1) is 9.20. The molecule has 0 heterocycles. The van der Waals surface area contributed by atoms with E-state index in [1.165, 1.54) is 12.6 Å². The van der Waals surface area contributed by atoms with Gasteiger partial charge in [-0.2, -0.15) is 0 Å². The predicted molar refractivity (Wildman–Crippen MR) is 80.8 cm³/mol. The van der Waals surface area contributed by atoms with Gasteiger partial charge in [0.15, 0.2) is 0 Å². The van der Waals surface area contributed by atoms with Gasteiger partial charge in [-0.15, -0.1) is 6.58 Å². The van der Waals surface area contributed by atoms with E-state index in [1.807, 2.05) is 20.0 Å². The summed E-state index contributed by atoms with van der Waals surface area (Å²) >= 11 is 0. The van der Waals surface area contributed by atoms with Crippen molar-refractivity contribution in [1.82, 2.24) is 15.5 Å². The van der Waals surface area contributed by atoms with Crippen LogP contribution in [0, 0.1) is 0 Å². The van der Waals surface area contributed by atoms with Crippen molar-refractivity contribution in [3.63, 3.8) is 0 Å². The number of nitrogens with zero attached hydrogens (tertiary/aromatic N) is 3. The molecule has 0 saturated heterocycles. The Morgan fingerprint density at radius 1 is 1.47 bits per heavy atom. The summed E-state index contributed by atoms with van der Waals surface area (Å²) in [4.78, 5) is 21.2. The summed E-state index contributed by atoms with van der Waals surface area (Å²) in [6, 6.07) is 0. The second-order valence-electron chi connectivity index (χ2n) is 4.03. The van der Waals surface area contributed by atoms with Gasteiger partial charge in [0.25, 0.3) is 5.91 Å². The number of carbonyl (C=O) groups excluding carboxylic acids is 1. The smallest absolute Gasteiger partial charge is 0.262 e. The lowest BCUT2D eigenvalue weighted by Crippen LogP contribution is -2.28. The summed E-state index contributed by atoms with van der Waals surface area (Å²) in [5.41, 5.74) is 0. The van der Waals surface area contributed by atoms with Crippen LogP contribution >= 0.6 is 0 Å². The van der Waals surface area contributed by atoms with Crippen LogP contribution < -0.4 is 10.6 Å². The number of hydrogen-bond acceptors (Lipinski definition) is 4. The second kappa shape index (κ2) is 12.9. The third-order valence-corrected chi connectivity index (χ3v) is 2.25. The second-order valence-corrected chi connectivity index (χ2v) is 4.03. The quantitative estimate of drug-likeness (QED) is 0.244. The monoisotopic (exact) mass is 267 g/mol. The van der Waals surface area contributed by atoms with Crippen molar-refractivity contribution in [2.24, 2.45) is 9.98 Å². The molecular weight excluding hydrogens is 242 g/mol. The lowest BCUT2D eigenvalue weighted by molar-refractivity contribution is -0.114. The van der Waals surface area contributed by atoms with E-state index in [2.05, 4.69) is 32.1 Å². The molecule has 2 N–H and O–H groups in total. The number of carbonyl (C=O) groups is 1. The van der Waals surface area contributed by atoms with Crippen LogP contribution in [0.15, 0.2) is 22.6 Å². The van der Waals surface area contributed by atoms with E-state index in [4.69, 9.17) is 0 Å². The van der Waals surface area contributed by atoms with Crippen molar-refractivity contribution in [3.8, 4) is 0 Å². The molecular formula is C13H25N5O. The molecule has 0 aromatic rings. The standard InChI is InChI=1S/C13H25N5O/c1-4-8-18(3)9-6-7-17-13(19)10-15-12-16-11-14-5-2/h4,10,12,14H,1,5-9,11H2,2-3H3,(H,17,19). The van der Waals surface area contributed by atoms with Gasteiger partial charge in [0.1, 0.15) is 6.34 Å². The van der Waals surface area contributed by atoms with E-state index in [9.17, 15) is 4.79 Å². The first-order valence-electron chi connectivity index (χ1n) is 6.50. The summed E-state index contributed by atoms with van der Waals surface area (Å²) in [5.74, 6) is -0.193. The van der Waals surface area contributed by atoms with Crippen molar-refractivity contribution < 1.29 is 4.79 Å². The number of nitrogens with one attached hydrogen (secondary N) is 2. The first-order valence-corrected chi connectivity index (χ1v) is 6.50. The number of hydrogen-bond donors (Lipinski definition) is 2. The van der Waals surface area contributed by atoms with Gasteiger partial charge in [0.2, 0.25) is 0 Å². The Balaban J connectivity index is 3.56. The van der Waals surface area contributed by atoms with Gasteiger partial charge in [-0.3, -0.25) is 15.1 Å². The minimum absolute atomic E-state index is 0.193. The van der Waals surface area contributed by atoms with Crippen LogP contribution in [0.5, 0.6) is 0 Å². The van der Waals surface area contributed by atoms with Crippen LogP contribution in [-0.2, 0) is 4.79 Å².